The summed E-state index contributed by atoms with van der Waals surface area (Å²) in [5.41, 5.74) is 0.523. The molecule has 1 atom stereocenters. The molecule has 2 rings (SSSR count). The summed E-state index contributed by atoms with van der Waals surface area (Å²) in [6.45, 7) is 1.83. The van der Waals surface area contributed by atoms with Crippen molar-refractivity contribution in [2.45, 2.75) is 25.3 Å². The normalized spacial score (nSPS) is 20.4. The summed E-state index contributed by atoms with van der Waals surface area (Å²) in [5, 5.41) is 12.6. The molecule has 1 aliphatic rings. The lowest BCUT2D eigenvalue weighted by molar-refractivity contribution is 0.0947. The standard InChI is InChI=1S/C10H16N4O/c15-10(9-4-7-13-14-9)12-6-3-8-2-1-5-11-8/h4,7-8,11H,1-3,5-6H2,(H,12,15)(H,13,14)/t8-/m0/s1. The van der Waals surface area contributed by atoms with E-state index in [1.54, 1.807) is 12.3 Å². The summed E-state index contributed by atoms with van der Waals surface area (Å²) in [4.78, 5) is 11.5. The number of rotatable bonds is 4. The molecular formula is C10H16N4O. The van der Waals surface area contributed by atoms with E-state index in [4.69, 9.17) is 0 Å². The Morgan fingerprint density at radius 2 is 2.60 bits per heavy atom. The predicted molar refractivity (Wildman–Crippen MR) is 56.6 cm³/mol. The molecule has 0 aromatic carbocycles. The molecule has 0 saturated carbocycles. The summed E-state index contributed by atoms with van der Waals surface area (Å²) in [6.07, 6.45) is 5.05. The molecule has 3 N–H and O–H groups in total. The Bertz CT molecular complexity index is 303. The Balaban J connectivity index is 1.67. The highest BCUT2D eigenvalue weighted by Crippen LogP contribution is 2.07. The van der Waals surface area contributed by atoms with Gasteiger partial charge in [-0.25, -0.2) is 0 Å². The van der Waals surface area contributed by atoms with E-state index in [1.807, 2.05) is 0 Å². The molecule has 1 aromatic heterocycles. The second-order valence-electron chi connectivity index (χ2n) is 3.81. The number of aromatic nitrogens is 2. The third kappa shape index (κ3) is 2.79. The third-order valence-corrected chi connectivity index (χ3v) is 2.69. The van der Waals surface area contributed by atoms with E-state index >= 15 is 0 Å². The molecule has 1 fully saturated rings. The maximum Gasteiger partial charge on any atom is 0.269 e. The maximum absolute atomic E-state index is 11.5. The SMILES string of the molecule is O=C(NCC[C@@H]1CCCN1)c1ccn[nH]1. The predicted octanol–water partition coefficient (Wildman–Crippen LogP) is 0.282. The van der Waals surface area contributed by atoms with E-state index in [2.05, 4.69) is 20.8 Å². The van der Waals surface area contributed by atoms with Crippen molar-refractivity contribution in [3.63, 3.8) is 0 Å². The second kappa shape index (κ2) is 4.93. The fraction of sp³-hybridized carbons (Fsp3) is 0.600. The van der Waals surface area contributed by atoms with Crippen molar-refractivity contribution in [2.24, 2.45) is 0 Å². The van der Waals surface area contributed by atoms with E-state index in [0.717, 1.165) is 19.5 Å². The van der Waals surface area contributed by atoms with Crippen LogP contribution in [0.25, 0.3) is 0 Å². The first-order valence-corrected chi connectivity index (χ1v) is 5.37. The summed E-state index contributed by atoms with van der Waals surface area (Å²) >= 11 is 0. The second-order valence-corrected chi connectivity index (χ2v) is 3.81. The van der Waals surface area contributed by atoms with Crippen LogP contribution in [0.5, 0.6) is 0 Å². The molecule has 1 saturated heterocycles. The van der Waals surface area contributed by atoms with Crippen molar-refractivity contribution < 1.29 is 4.79 Å². The highest BCUT2D eigenvalue weighted by atomic mass is 16.1. The number of aromatic amines is 1. The Morgan fingerprint density at radius 3 is 3.27 bits per heavy atom. The van der Waals surface area contributed by atoms with Crippen LogP contribution >= 0.6 is 0 Å². The first-order chi connectivity index (χ1) is 7.36. The van der Waals surface area contributed by atoms with Gasteiger partial charge in [-0.05, 0) is 31.9 Å². The molecule has 15 heavy (non-hydrogen) atoms. The number of carbonyl (C=O) groups excluding carboxylic acids is 1. The van der Waals surface area contributed by atoms with E-state index in [9.17, 15) is 4.79 Å². The van der Waals surface area contributed by atoms with Gasteiger partial charge in [-0.1, -0.05) is 0 Å². The molecule has 5 nitrogen and oxygen atoms in total. The van der Waals surface area contributed by atoms with Gasteiger partial charge in [0.2, 0.25) is 0 Å². The minimum absolute atomic E-state index is 0.0782. The average molecular weight is 208 g/mol. The zero-order valence-electron chi connectivity index (χ0n) is 8.62. The first-order valence-electron chi connectivity index (χ1n) is 5.37. The Hall–Kier alpha value is -1.36. The highest BCUT2D eigenvalue weighted by molar-refractivity contribution is 5.91. The largest absolute Gasteiger partial charge is 0.351 e. The molecule has 2 heterocycles. The van der Waals surface area contributed by atoms with Gasteiger partial charge >= 0.3 is 0 Å². The number of H-pyrrole nitrogens is 1. The van der Waals surface area contributed by atoms with Gasteiger partial charge in [0.1, 0.15) is 5.69 Å². The Kier molecular flexibility index (Phi) is 3.34. The minimum atomic E-state index is -0.0782. The lowest BCUT2D eigenvalue weighted by Gasteiger charge is -2.09. The fourth-order valence-electron chi connectivity index (χ4n) is 1.84. The summed E-state index contributed by atoms with van der Waals surface area (Å²) in [7, 11) is 0. The maximum atomic E-state index is 11.5. The molecule has 82 valence electrons. The van der Waals surface area contributed by atoms with Crippen molar-refractivity contribution >= 4 is 5.91 Å². The van der Waals surface area contributed by atoms with Gasteiger partial charge < -0.3 is 10.6 Å². The smallest absolute Gasteiger partial charge is 0.269 e. The zero-order chi connectivity index (χ0) is 10.5. The lowest BCUT2D eigenvalue weighted by atomic mass is 10.1. The van der Waals surface area contributed by atoms with Crippen LogP contribution in [-0.2, 0) is 0 Å². The molecule has 0 aliphatic carbocycles. The number of hydrogen-bond acceptors (Lipinski definition) is 3. The van der Waals surface area contributed by atoms with Gasteiger partial charge in [0.25, 0.3) is 5.91 Å². The van der Waals surface area contributed by atoms with E-state index < -0.39 is 0 Å². The Labute approximate surface area is 88.6 Å². The number of amides is 1. The molecule has 5 heteroatoms. The average Bonchev–Trinajstić information content (AvgIpc) is 2.90. The van der Waals surface area contributed by atoms with Crippen molar-refractivity contribution in [2.75, 3.05) is 13.1 Å². The summed E-state index contributed by atoms with van der Waals surface area (Å²) in [5.74, 6) is -0.0782. The zero-order valence-corrected chi connectivity index (χ0v) is 8.62. The monoisotopic (exact) mass is 208 g/mol. The molecule has 1 amide bonds. The topological polar surface area (TPSA) is 69.8 Å². The van der Waals surface area contributed by atoms with Crippen LogP contribution in [0.3, 0.4) is 0 Å². The van der Waals surface area contributed by atoms with Gasteiger partial charge in [-0.3, -0.25) is 9.89 Å². The van der Waals surface area contributed by atoms with Crippen LogP contribution in [0.15, 0.2) is 12.3 Å². The molecule has 0 radical (unpaired) electrons. The summed E-state index contributed by atoms with van der Waals surface area (Å²) in [6, 6.07) is 2.25. The van der Waals surface area contributed by atoms with Crippen LogP contribution in [0.1, 0.15) is 29.8 Å². The molecule has 0 bridgehead atoms. The van der Waals surface area contributed by atoms with Crippen molar-refractivity contribution in [3.8, 4) is 0 Å². The van der Waals surface area contributed by atoms with Crippen molar-refractivity contribution in [3.05, 3.63) is 18.0 Å². The Morgan fingerprint density at radius 1 is 1.67 bits per heavy atom. The van der Waals surface area contributed by atoms with Gasteiger partial charge in [-0.2, -0.15) is 5.10 Å². The number of carbonyl (C=O) groups is 1. The van der Waals surface area contributed by atoms with Crippen molar-refractivity contribution in [1.29, 1.82) is 0 Å². The molecule has 1 aliphatic heterocycles. The lowest BCUT2D eigenvalue weighted by Crippen LogP contribution is -2.30. The first kappa shape index (κ1) is 10.2. The number of nitrogens with zero attached hydrogens (tertiary/aromatic N) is 1. The van der Waals surface area contributed by atoms with E-state index in [0.29, 0.717) is 11.7 Å². The quantitative estimate of drug-likeness (QED) is 0.665. The molecule has 0 spiro atoms. The van der Waals surface area contributed by atoms with Gasteiger partial charge in [0, 0.05) is 18.8 Å². The van der Waals surface area contributed by atoms with Crippen LogP contribution in [0.2, 0.25) is 0 Å². The fourth-order valence-corrected chi connectivity index (χ4v) is 1.84. The van der Waals surface area contributed by atoms with Gasteiger partial charge in [0.15, 0.2) is 0 Å². The number of hydrogen-bond donors (Lipinski definition) is 3. The van der Waals surface area contributed by atoms with Crippen LogP contribution in [-0.4, -0.2) is 35.2 Å². The van der Waals surface area contributed by atoms with Gasteiger partial charge in [0.05, 0.1) is 0 Å². The molecule has 1 aromatic rings. The highest BCUT2D eigenvalue weighted by Gasteiger charge is 2.14. The van der Waals surface area contributed by atoms with Crippen LogP contribution in [0, 0.1) is 0 Å². The van der Waals surface area contributed by atoms with E-state index in [1.165, 1.54) is 12.8 Å². The number of nitrogens with one attached hydrogen (secondary N) is 3. The van der Waals surface area contributed by atoms with Crippen LogP contribution < -0.4 is 10.6 Å². The molecule has 0 unspecified atom stereocenters. The minimum Gasteiger partial charge on any atom is -0.351 e. The van der Waals surface area contributed by atoms with Crippen LogP contribution in [0.4, 0.5) is 0 Å². The summed E-state index contributed by atoms with van der Waals surface area (Å²) < 4.78 is 0. The van der Waals surface area contributed by atoms with E-state index in [-0.39, 0.29) is 5.91 Å². The third-order valence-electron chi connectivity index (χ3n) is 2.69. The van der Waals surface area contributed by atoms with Gasteiger partial charge in [-0.15, -0.1) is 0 Å². The molecular weight excluding hydrogens is 192 g/mol. The van der Waals surface area contributed by atoms with Crippen molar-refractivity contribution in [1.82, 2.24) is 20.8 Å².